The van der Waals surface area contributed by atoms with Crippen molar-refractivity contribution in [3.05, 3.63) is 60.8 Å². The third-order valence-corrected chi connectivity index (χ3v) is 10.4. The maximum Gasteiger partial charge on any atom is 0.472 e. The maximum atomic E-state index is 12.6. The van der Waals surface area contributed by atoms with E-state index in [1.54, 1.807) is 0 Å². The molecule has 332 valence electrons. The molecule has 0 saturated carbocycles. The van der Waals surface area contributed by atoms with E-state index >= 15 is 0 Å². The molecule has 3 unspecified atom stereocenters. The summed E-state index contributed by atoms with van der Waals surface area (Å²) in [4.78, 5) is 22.6. The Morgan fingerprint density at radius 3 is 1.46 bits per heavy atom. The van der Waals surface area contributed by atoms with Crippen LogP contribution in [0.1, 0.15) is 187 Å². The molecular formula is C47H85O9P. The molecule has 0 aliphatic heterocycles. The lowest BCUT2D eigenvalue weighted by Crippen LogP contribution is -2.29. The van der Waals surface area contributed by atoms with Gasteiger partial charge in [-0.3, -0.25) is 13.8 Å². The van der Waals surface area contributed by atoms with E-state index in [2.05, 4.69) is 74.6 Å². The van der Waals surface area contributed by atoms with E-state index in [0.29, 0.717) is 13.0 Å². The Kier molecular flexibility index (Phi) is 42.3. The first-order chi connectivity index (χ1) is 27.8. The van der Waals surface area contributed by atoms with E-state index in [4.69, 9.17) is 23.6 Å². The number of hydrogen-bond donors (Lipinski definition) is 3. The number of aliphatic hydroxyl groups is 2. The highest BCUT2D eigenvalue weighted by molar-refractivity contribution is 7.47. The number of carbonyl (C=O) groups is 1. The van der Waals surface area contributed by atoms with Crippen molar-refractivity contribution in [1.29, 1.82) is 0 Å². The largest absolute Gasteiger partial charge is 0.472 e. The first kappa shape index (κ1) is 55.2. The highest BCUT2D eigenvalue weighted by Crippen LogP contribution is 2.43. The van der Waals surface area contributed by atoms with Gasteiger partial charge in [-0.1, -0.05) is 158 Å². The number of phosphoric ester groups is 1. The summed E-state index contributed by atoms with van der Waals surface area (Å²) in [5.74, 6) is -0.401. The Morgan fingerprint density at radius 2 is 0.947 bits per heavy atom. The molecule has 0 aliphatic rings. The van der Waals surface area contributed by atoms with E-state index in [1.165, 1.54) is 83.5 Å². The van der Waals surface area contributed by atoms with Crippen molar-refractivity contribution in [3.63, 3.8) is 0 Å². The molecule has 0 heterocycles. The van der Waals surface area contributed by atoms with Gasteiger partial charge in [-0.15, -0.1) is 0 Å². The summed E-state index contributed by atoms with van der Waals surface area (Å²) in [6.45, 7) is 3.43. The quantitative estimate of drug-likeness (QED) is 0.0238. The van der Waals surface area contributed by atoms with Crippen molar-refractivity contribution >= 4 is 13.8 Å². The normalized spacial score (nSPS) is 14.5. The zero-order valence-corrected chi connectivity index (χ0v) is 37.2. The fourth-order valence-electron chi connectivity index (χ4n) is 5.92. The van der Waals surface area contributed by atoms with Crippen LogP contribution in [0.4, 0.5) is 0 Å². The molecule has 3 N–H and O–H groups in total. The third kappa shape index (κ3) is 43.6. The molecule has 0 bridgehead atoms. The first-order valence-electron chi connectivity index (χ1n) is 22.8. The average Bonchev–Trinajstić information content (AvgIpc) is 3.20. The average molecular weight is 825 g/mol. The minimum atomic E-state index is -4.53. The summed E-state index contributed by atoms with van der Waals surface area (Å²) >= 11 is 0. The van der Waals surface area contributed by atoms with Crippen molar-refractivity contribution in [2.24, 2.45) is 0 Å². The van der Waals surface area contributed by atoms with Gasteiger partial charge in [0.15, 0.2) is 0 Å². The van der Waals surface area contributed by atoms with E-state index in [-0.39, 0.29) is 19.6 Å². The van der Waals surface area contributed by atoms with Crippen LogP contribution in [0.2, 0.25) is 0 Å². The van der Waals surface area contributed by atoms with E-state index < -0.39 is 39.2 Å². The Bertz CT molecular complexity index is 1070. The number of aliphatic hydroxyl groups excluding tert-OH is 2. The molecule has 57 heavy (non-hydrogen) atoms. The number of esters is 1. The Balaban J connectivity index is 4.20. The molecule has 0 rings (SSSR count). The Morgan fingerprint density at radius 1 is 0.544 bits per heavy atom. The van der Waals surface area contributed by atoms with Gasteiger partial charge in [0.2, 0.25) is 0 Å². The summed E-state index contributed by atoms with van der Waals surface area (Å²) in [5.41, 5.74) is 0. The lowest BCUT2D eigenvalue weighted by molar-refractivity contribution is -0.154. The van der Waals surface area contributed by atoms with Gasteiger partial charge in [0.05, 0.1) is 26.4 Å². The van der Waals surface area contributed by atoms with Gasteiger partial charge in [0.1, 0.15) is 12.2 Å². The van der Waals surface area contributed by atoms with Gasteiger partial charge in [-0.2, -0.15) is 0 Å². The number of rotatable bonds is 43. The summed E-state index contributed by atoms with van der Waals surface area (Å²) in [7, 11) is -4.53. The highest BCUT2D eigenvalue weighted by atomic mass is 31.2. The molecule has 0 aromatic carbocycles. The number of allylic oxidation sites excluding steroid dienone is 10. The number of phosphoric acid groups is 1. The molecule has 0 radical (unpaired) electrons. The van der Waals surface area contributed by atoms with Crippen LogP contribution in [0.3, 0.4) is 0 Å². The standard InChI is InChI=1S/C47H85O9P/c1-3-5-7-9-11-13-15-17-19-21-22-23-24-26-28-30-32-34-36-38-40-53-43-46(44-55-57(51,52)54-42-45(49)41-48)56-47(50)39-37-35-33-31-29-27-25-20-18-16-14-12-10-8-6-4-2/h11,13-14,16-17,19-20,22-23,25,45-46,48-49H,3-10,12,15,18,21,24,26-44H2,1-2H3,(H,51,52)/b13-11-,16-14-,19-17-,23-22-,25-20-. The fraction of sp³-hybridized carbons (Fsp3) is 0.766. The van der Waals surface area contributed by atoms with Crippen LogP contribution in [0.15, 0.2) is 60.8 Å². The molecule has 9 nitrogen and oxygen atoms in total. The minimum absolute atomic E-state index is 0.0345. The van der Waals surface area contributed by atoms with E-state index in [1.807, 2.05) is 0 Å². The second kappa shape index (κ2) is 43.7. The van der Waals surface area contributed by atoms with E-state index in [9.17, 15) is 19.4 Å². The summed E-state index contributed by atoms with van der Waals surface area (Å²) in [6.07, 6.45) is 50.3. The summed E-state index contributed by atoms with van der Waals surface area (Å²) in [6, 6.07) is 0. The van der Waals surface area contributed by atoms with Crippen LogP contribution in [0, 0.1) is 0 Å². The molecule has 0 saturated heterocycles. The third-order valence-electron chi connectivity index (χ3n) is 9.43. The van der Waals surface area contributed by atoms with Gasteiger partial charge >= 0.3 is 13.8 Å². The molecule has 0 aromatic rings. The molecule has 0 fully saturated rings. The maximum absolute atomic E-state index is 12.6. The number of unbranched alkanes of at least 4 members (excludes halogenated alkanes) is 19. The highest BCUT2D eigenvalue weighted by Gasteiger charge is 2.26. The van der Waals surface area contributed by atoms with Gasteiger partial charge in [-0.25, -0.2) is 4.57 Å². The predicted octanol–water partition coefficient (Wildman–Crippen LogP) is 12.8. The lowest BCUT2D eigenvalue weighted by Gasteiger charge is -2.20. The van der Waals surface area contributed by atoms with Crippen LogP contribution in [-0.4, -0.2) is 66.3 Å². The molecular weight excluding hydrogens is 739 g/mol. The van der Waals surface area contributed by atoms with Crippen molar-refractivity contribution in [1.82, 2.24) is 0 Å². The number of carbonyl (C=O) groups excluding carboxylic acids is 1. The number of ether oxygens (including phenoxy) is 2. The zero-order valence-electron chi connectivity index (χ0n) is 36.3. The molecule has 0 spiro atoms. The Hall–Kier alpha value is -1.84. The second-order valence-electron chi connectivity index (χ2n) is 15.1. The monoisotopic (exact) mass is 825 g/mol. The van der Waals surface area contributed by atoms with Crippen molar-refractivity contribution in [2.75, 3.05) is 33.0 Å². The predicted molar refractivity (Wildman–Crippen MR) is 237 cm³/mol. The zero-order chi connectivity index (χ0) is 41.8. The summed E-state index contributed by atoms with van der Waals surface area (Å²) < 4.78 is 33.4. The lowest BCUT2D eigenvalue weighted by atomic mass is 10.1. The van der Waals surface area contributed by atoms with Gasteiger partial charge in [0, 0.05) is 13.0 Å². The Labute approximate surface area is 349 Å². The van der Waals surface area contributed by atoms with Crippen LogP contribution < -0.4 is 0 Å². The molecule has 3 atom stereocenters. The molecule has 0 aromatic heterocycles. The van der Waals surface area contributed by atoms with Crippen LogP contribution in [-0.2, 0) is 27.9 Å². The van der Waals surface area contributed by atoms with Gasteiger partial charge < -0.3 is 24.6 Å². The van der Waals surface area contributed by atoms with Crippen molar-refractivity contribution in [3.8, 4) is 0 Å². The second-order valence-corrected chi connectivity index (χ2v) is 16.5. The number of hydrogen-bond acceptors (Lipinski definition) is 8. The van der Waals surface area contributed by atoms with Crippen LogP contribution in [0.25, 0.3) is 0 Å². The SMILES string of the molecule is CCCCC/C=C\C/C=C\C/C=C\CCCCCCCCCOCC(COP(=O)(O)OCC(O)CO)OC(=O)CCCCCCC/C=C\C/C=C\CCCCCC. The fourth-order valence-corrected chi connectivity index (χ4v) is 6.71. The van der Waals surface area contributed by atoms with Gasteiger partial charge in [0.25, 0.3) is 0 Å². The van der Waals surface area contributed by atoms with Crippen molar-refractivity contribution in [2.45, 2.75) is 199 Å². The van der Waals surface area contributed by atoms with Gasteiger partial charge in [-0.05, 0) is 83.5 Å². The van der Waals surface area contributed by atoms with Crippen LogP contribution >= 0.6 is 7.82 Å². The van der Waals surface area contributed by atoms with E-state index in [0.717, 1.165) is 77.0 Å². The van der Waals surface area contributed by atoms with Crippen molar-refractivity contribution < 1.29 is 43.0 Å². The smallest absolute Gasteiger partial charge is 0.457 e. The topological polar surface area (TPSA) is 132 Å². The summed E-state index contributed by atoms with van der Waals surface area (Å²) in [5, 5.41) is 18.4. The molecule has 0 aliphatic carbocycles. The minimum Gasteiger partial charge on any atom is -0.457 e. The molecule has 0 amide bonds. The molecule has 10 heteroatoms. The van der Waals surface area contributed by atoms with Crippen LogP contribution in [0.5, 0.6) is 0 Å². The first-order valence-corrected chi connectivity index (χ1v) is 24.3.